The predicted octanol–water partition coefficient (Wildman–Crippen LogP) is 4.35. The summed E-state index contributed by atoms with van der Waals surface area (Å²) in [4.78, 5) is 33.8. The molecule has 0 atom stereocenters. The molecule has 0 aliphatic carbocycles. The van der Waals surface area contributed by atoms with Crippen molar-refractivity contribution in [3.63, 3.8) is 0 Å². The summed E-state index contributed by atoms with van der Waals surface area (Å²) >= 11 is 17.3. The molecule has 1 N–H and O–H groups in total. The van der Waals surface area contributed by atoms with E-state index >= 15 is 0 Å². The molecule has 7 nitrogen and oxygen atoms in total. The average Bonchev–Trinajstić information content (AvgIpc) is 2.51. The Balaban J connectivity index is 1.98. The van der Waals surface area contributed by atoms with Crippen LogP contribution >= 0.6 is 34.8 Å². The summed E-state index contributed by atoms with van der Waals surface area (Å²) in [6, 6.07) is 7.85. The second kappa shape index (κ2) is 8.15. The van der Waals surface area contributed by atoms with E-state index in [9.17, 15) is 19.7 Å². The SMILES string of the molecule is O=C(COC(=O)c1ccc(Cl)c([N+](=O)[O-])c1)Nc1cc(Cl)cc(Cl)c1. The lowest BCUT2D eigenvalue weighted by molar-refractivity contribution is -0.384. The maximum absolute atomic E-state index is 11.9. The molecule has 0 heterocycles. The van der Waals surface area contributed by atoms with Gasteiger partial charge >= 0.3 is 5.97 Å². The van der Waals surface area contributed by atoms with Crippen molar-refractivity contribution in [1.29, 1.82) is 0 Å². The summed E-state index contributed by atoms with van der Waals surface area (Å²) in [5.74, 6) is -1.53. The molecule has 0 radical (unpaired) electrons. The zero-order valence-corrected chi connectivity index (χ0v) is 14.6. The zero-order valence-electron chi connectivity index (χ0n) is 12.3. The van der Waals surface area contributed by atoms with Crippen LogP contribution in [0.25, 0.3) is 0 Å². The second-order valence-electron chi connectivity index (χ2n) is 4.71. The van der Waals surface area contributed by atoms with Crippen LogP contribution in [0.15, 0.2) is 36.4 Å². The number of anilines is 1. The minimum absolute atomic E-state index is 0.102. The van der Waals surface area contributed by atoms with Gasteiger partial charge in [0.15, 0.2) is 6.61 Å². The van der Waals surface area contributed by atoms with Crippen LogP contribution in [0.3, 0.4) is 0 Å². The lowest BCUT2D eigenvalue weighted by Crippen LogP contribution is -2.21. The zero-order chi connectivity index (χ0) is 18.6. The summed E-state index contributed by atoms with van der Waals surface area (Å²) in [6.45, 7) is -0.598. The Morgan fingerprint density at radius 3 is 2.32 bits per heavy atom. The monoisotopic (exact) mass is 402 g/mol. The Bertz CT molecular complexity index is 837. The number of benzene rings is 2. The maximum atomic E-state index is 11.9. The number of nitro benzene ring substituents is 1. The molecule has 2 rings (SSSR count). The number of rotatable bonds is 5. The van der Waals surface area contributed by atoms with Crippen LogP contribution in [0.1, 0.15) is 10.4 Å². The van der Waals surface area contributed by atoms with Gasteiger partial charge in [-0.15, -0.1) is 0 Å². The number of nitro groups is 1. The van der Waals surface area contributed by atoms with E-state index in [4.69, 9.17) is 39.5 Å². The topological polar surface area (TPSA) is 98.5 Å². The lowest BCUT2D eigenvalue weighted by Gasteiger charge is -2.07. The van der Waals surface area contributed by atoms with Gasteiger partial charge in [0.1, 0.15) is 5.02 Å². The first-order valence-electron chi connectivity index (χ1n) is 6.63. The van der Waals surface area contributed by atoms with E-state index in [1.807, 2.05) is 0 Å². The minimum Gasteiger partial charge on any atom is -0.452 e. The van der Waals surface area contributed by atoms with Gasteiger partial charge < -0.3 is 10.1 Å². The molecule has 0 aromatic heterocycles. The average molecular weight is 404 g/mol. The number of hydrogen-bond donors (Lipinski definition) is 1. The number of esters is 1. The molecule has 1 amide bonds. The lowest BCUT2D eigenvalue weighted by atomic mass is 10.2. The van der Waals surface area contributed by atoms with Gasteiger partial charge in [-0.2, -0.15) is 0 Å². The number of carbonyl (C=O) groups is 2. The Labute approximate surface area is 156 Å². The van der Waals surface area contributed by atoms with Crippen LogP contribution in [0.4, 0.5) is 11.4 Å². The van der Waals surface area contributed by atoms with Crippen LogP contribution in [-0.4, -0.2) is 23.4 Å². The van der Waals surface area contributed by atoms with E-state index in [2.05, 4.69) is 5.32 Å². The standard InChI is InChI=1S/C15H9Cl3N2O5/c16-9-4-10(17)6-11(5-9)19-14(21)7-25-15(22)8-1-2-12(18)13(3-8)20(23)24/h1-6H,7H2,(H,19,21). The number of nitrogens with zero attached hydrogens (tertiary/aromatic N) is 1. The van der Waals surface area contributed by atoms with Crippen molar-refractivity contribution < 1.29 is 19.2 Å². The number of halogens is 3. The predicted molar refractivity (Wildman–Crippen MR) is 93.5 cm³/mol. The van der Waals surface area contributed by atoms with Crippen LogP contribution in [0.2, 0.25) is 15.1 Å². The van der Waals surface area contributed by atoms with Gasteiger partial charge in [0.2, 0.25) is 0 Å². The Kier molecular flexibility index (Phi) is 6.19. The molecule has 0 saturated carbocycles. The third kappa shape index (κ3) is 5.32. The van der Waals surface area contributed by atoms with Gasteiger partial charge in [0, 0.05) is 21.8 Å². The van der Waals surface area contributed by atoms with Crippen molar-refractivity contribution in [2.45, 2.75) is 0 Å². The molecule has 0 spiro atoms. The van der Waals surface area contributed by atoms with Crippen molar-refractivity contribution in [2.24, 2.45) is 0 Å². The fourth-order valence-corrected chi connectivity index (χ4v) is 2.53. The highest BCUT2D eigenvalue weighted by atomic mass is 35.5. The van der Waals surface area contributed by atoms with E-state index in [1.54, 1.807) is 0 Å². The Hall–Kier alpha value is -2.35. The largest absolute Gasteiger partial charge is 0.452 e. The van der Waals surface area contributed by atoms with Gasteiger partial charge in [-0.1, -0.05) is 34.8 Å². The second-order valence-corrected chi connectivity index (χ2v) is 5.99. The van der Waals surface area contributed by atoms with E-state index in [-0.39, 0.29) is 10.6 Å². The number of hydrogen-bond acceptors (Lipinski definition) is 5. The molecular formula is C15H9Cl3N2O5. The van der Waals surface area contributed by atoms with Crippen molar-refractivity contribution in [1.82, 2.24) is 0 Å². The Morgan fingerprint density at radius 1 is 1.08 bits per heavy atom. The quantitative estimate of drug-likeness (QED) is 0.454. The Morgan fingerprint density at radius 2 is 1.72 bits per heavy atom. The molecular weight excluding hydrogens is 395 g/mol. The number of amides is 1. The highest BCUT2D eigenvalue weighted by Gasteiger charge is 2.18. The first kappa shape index (κ1) is 19.0. The van der Waals surface area contributed by atoms with E-state index < -0.39 is 29.1 Å². The number of ether oxygens (including phenoxy) is 1. The summed E-state index contributed by atoms with van der Waals surface area (Å²) < 4.78 is 4.81. The van der Waals surface area contributed by atoms with Crippen molar-refractivity contribution in [3.8, 4) is 0 Å². The summed E-state index contributed by atoms with van der Waals surface area (Å²) in [6.07, 6.45) is 0. The molecule has 0 bridgehead atoms. The van der Waals surface area contributed by atoms with Crippen LogP contribution in [0.5, 0.6) is 0 Å². The van der Waals surface area contributed by atoms with Crippen LogP contribution in [-0.2, 0) is 9.53 Å². The molecule has 2 aromatic carbocycles. The molecule has 0 fully saturated rings. The third-order valence-electron chi connectivity index (χ3n) is 2.86. The molecule has 2 aromatic rings. The molecule has 0 aliphatic heterocycles. The normalized spacial score (nSPS) is 10.2. The fraction of sp³-hybridized carbons (Fsp3) is 0.0667. The van der Waals surface area contributed by atoms with Gasteiger partial charge in [0.05, 0.1) is 10.5 Å². The molecule has 25 heavy (non-hydrogen) atoms. The van der Waals surface area contributed by atoms with Crippen LogP contribution < -0.4 is 5.32 Å². The summed E-state index contributed by atoms with van der Waals surface area (Å²) in [5, 5.41) is 13.8. The van der Waals surface area contributed by atoms with Gasteiger partial charge in [-0.05, 0) is 30.3 Å². The number of nitrogens with one attached hydrogen (secondary N) is 1. The van der Waals surface area contributed by atoms with E-state index in [0.29, 0.717) is 15.7 Å². The number of carbonyl (C=O) groups excluding carboxylic acids is 2. The molecule has 130 valence electrons. The molecule has 0 unspecified atom stereocenters. The molecule has 0 aliphatic rings. The van der Waals surface area contributed by atoms with Gasteiger partial charge in [-0.3, -0.25) is 14.9 Å². The minimum atomic E-state index is -0.904. The molecule has 10 heteroatoms. The summed E-state index contributed by atoms with van der Waals surface area (Å²) in [7, 11) is 0. The van der Waals surface area contributed by atoms with Gasteiger partial charge in [-0.25, -0.2) is 4.79 Å². The first-order chi connectivity index (χ1) is 11.8. The highest BCUT2D eigenvalue weighted by molar-refractivity contribution is 6.35. The van der Waals surface area contributed by atoms with Crippen molar-refractivity contribution in [2.75, 3.05) is 11.9 Å². The van der Waals surface area contributed by atoms with E-state index in [0.717, 1.165) is 6.07 Å². The van der Waals surface area contributed by atoms with Crippen LogP contribution in [0, 0.1) is 10.1 Å². The highest BCUT2D eigenvalue weighted by Crippen LogP contribution is 2.25. The molecule has 0 saturated heterocycles. The maximum Gasteiger partial charge on any atom is 0.338 e. The van der Waals surface area contributed by atoms with Crippen molar-refractivity contribution in [3.05, 3.63) is 67.1 Å². The fourth-order valence-electron chi connectivity index (χ4n) is 1.82. The van der Waals surface area contributed by atoms with Crippen molar-refractivity contribution >= 4 is 58.1 Å². The smallest absolute Gasteiger partial charge is 0.338 e. The summed E-state index contributed by atoms with van der Waals surface area (Å²) in [5.41, 5.74) is -0.204. The van der Waals surface area contributed by atoms with E-state index in [1.165, 1.54) is 30.3 Å². The third-order valence-corrected chi connectivity index (χ3v) is 3.62. The first-order valence-corrected chi connectivity index (χ1v) is 7.76. The van der Waals surface area contributed by atoms with Gasteiger partial charge in [0.25, 0.3) is 11.6 Å².